The van der Waals surface area contributed by atoms with E-state index in [9.17, 15) is 39.9 Å². The lowest BCUT2D eigenvalue weighted by molar-refractivity contribution is -0.162. The molecule has 1 aromatic rings. The summed E-state index contributed by atoms with van der Waals surface area (Å²) in [5, 5.41) is 60.3. The second-order valence-electron chi connectivity index (χ2n) is 12.1. The lowest BCUT2D eigenvalue weighted by atomic mass is 9.55. The number of amides is 1. The number of aromatic hydroxyl groups is 1. The molecule has 40 heavy (non-hydrogen) atoms. The van der Waals surface area contributed by atoms with Gasteiger partial charge in [-0.2, -0.15) is 0 Å². The van der Waals surface area contributed by atoms with Crippen LogP contribution in [-0.2, 0) is 9.59 Å². The molecule has 0 radical (unpaired) electrons. The van der Waals surface area contributed by atoms with E-state index in [1.807, 2.05) is 6.92 Å². The Bertz CT molecular complexity index is 1340. The number of Topliss-reactive ketones (excluding diaryl/α,β-unsaturated/α-hetero) is 2. The number of fused-ring (bicyclic) bond motifs is 3. The third-order valence-corrected chi connectivity index (χ3v) is 9.84. The number of benzene rings is 1. The Morgan fingerprint density at radius 1 is 1.10 bits per heavy atom. The third-order valence-electron chi connectivity index (χ3n) is 9.84. The number of carbonyl (C=O) groups excluding carboxylic acids is 3. The van der Waals surface area contributed by atoms with Gasteiger partial charge >= 0.3 is 0 Å². The fourth-order valence-electron chi connectivity index (χ4n) is 7.66. The molecule has 1 fully saturated rings. The summed E-state index contributed by atoms with van der Waals surface area (Å²) >= 11 is 0. The van der Waals surface area contributed by atoms with Gasteiger partial charge in [0.25, 0.3) is 5.91 Å². The maximum absolute atomic E-state index is 14.1. The normalized spacial score (nSPS) is 33.4. The van der Waals surface area contributed by atoms with Crippen molar-refractivity contribution in [3.05, 3.63) is 52.0 Å². The molecule has 4 aliphatic carbocycles. The number of phenols is 1. The van der Waals surface area contributed by atoms with Crippen LogP contribution in [-0.4, -0.2) is 85.3 Å². The highest BCUT2D eigenvalue weighted by molar-refractivity contribution is 6.25. The minimum Gasteiger partial charge on any atom is -0.510 e. The Morgan fingerprint density at radius 2 is 1.75 bits per heavy atom. The smallest absolute Gasteiger partial charge is 0.258 e. The van der Waals surface area contributed by atoms with Crippen molar-refractivity contribution in [1.82, 2.24) is 10.2 Å². The summed E-state index contributed by atoms with van der Waals surface area (Å²) in [5.74, 6) is -7.99. The maximum atomic E-state index is 14.1. The van der Waals surface area contributed by atoms with Gasteiger partial charge in [0.1, 0.15) is 22.8 Å². The average Bonchev–Trinajstić information content (AvgIpc) is 2.91. The first-order chi connectivity index (χ1) is 18.8. The Balaban J connectivity index is 1.68. The number of hydrogen-bond donors (Lipinski definition) is 6. The highest BCUT2D eigenvalue weighted by atomic mass is 16.4. The molecule has 216 valence electrons. The topological polar surface area (TPSA) is 168 Å². The van der Waals surface area contributed by atoms with Gasteiger partial charge in [-0.15, -0.1) is 0 Å². The summed E-state index contributed by atoms with van der Waals surface area (Å²) in [6.45, 7) is 3.65. The molecule has 1 amide bonds. The minimum atomic E-state index is -2.87. The summed E-state index contributed by atoms with van der Waals surface area (Å²) in [6, 6.07) is 3.30. The fourth-order valence-corrected chi connectivity index (χ4v) is 7.66. The van der Waals surface area contributed by atoms with Crippen molar-refractivity contribution < 1.29 is 39.9 Å². The number of hydrogen-bond acceptors (Lipinski definition) is 9. The predicted molar refractivity (Wildman–Crippen MR) is 145 cm³/mol. The van der Waals surface area contributed by atoms with Gasteiger partial charge in [-0.3, -0.25) is 19.3 Å². The quantitative estimate of drug-likeness (QED) is 0.306. The summed E-state index contributed by atoms with van der Waals surface area (Å²) in [7, 11) is 3.13. The van der Waals surface area contributed by atoms with Gasteiger partial charge in [0.05, 0.1) is 23.6 Å². The van der Waals surface area contributed by atoms with Gasteiger partial charge in [-0.05, 0) is 50.9 Å². The molecule has 0 aromatic heterocycles. The third kappa shape index (κ3) is 3.76. The van der Waals surface area contributed by atoms with Crippen LogP contribution in [0.5, 0.6) is 5.75 Å². The first-order valence-electron chi connectivity index (χ1n) is 14.0. The average molecular weight is 555 g/mol. The van der Waals surface area contributed by atoms with E-state index in [0.717, 1.165) is 19.3 Å². The zero-order valence-corrected chi connectivity index (χ0v) is 23.3. The van der Waals surface area contributed by atoms with Crippen molar-refractivity contribution in [1.29, 1.82) is 0 Å². The van der Waals surface area contributed by atoms with Gasteiger partial charge in [-0.25, -0.2) is 0 Å². The van der Waals surface area contributed by atoms with Crippen LogP contribution in [0.2, 0.25) is 0 Å². The standard InChI is InChI=1S/C30H38N2O8/c1-5-29(12-7-6-8-13-29)31-28(39)20-25(36)22(32(3)4)21-24(35)17-14(2)15-10-9-11-16(33)18(15)23(34)19(17)26(37)30(21,40)27(20)38/h9-11,14,17,21-22,24,33,35-37,40H,5-8,12-13H2,1-4H3,(H,31,39)/t14-,17+,21+,22-,24-,30-/m1/s1. The number of ketones is 2. The van der Waals surface area contributed by atoms with Crippen molar-refractivity contribution in [3.63, 3.8) is 0 Å². The number of likely N-dealkylation sites (N-methyl/N-ethyl adjacent to an activating group) is 1. The monoisotopic (exact) mass is 554 g/mol. The van der Waals surface area contributed by atoms with E-state index in [2.05, 4.69) is 5.32 Å². The molecule has 0 saturated heterocycles. The lowest BCUT2D eigenvalue weighted by Crippen LogP contribution is -2.69. The highest BCUT2D eigenvalue weighted by Gasteiger charge is 2.67. The number of nitrogens with zero attached hydrogens (tertiary/aromatic N) is 1. The number of nitrogens with one attached hydrogen (secondary N) is 1. The molecule has 0 unspecified atom stereocenters. The Labute approximate surface area is 233 Å². The van der Waals surface area contributed by atoms with E-state index < -0.39 is 75.6 Å². The maximum Gasteiger partial charge on any atom is 0.258 e. The molecule has 10 heteroatoms. The summed E-state index contributed by atoms with van der Waals surface area (Å²) < 4.78 is 0. The van der Waals surface area contributed by atoms with Crippen LogP contribution in [0, 0.1) is 11.8 Å². The zero-order chi connectivity index (χ0) is 29.3. The van der Waals surface area contributed by atoms with Crippen LogP contribution in [0.4, 0.5) is 0 Å². The molecule has 1 aromatic carbocycles. The SMILES string of the molecule is CCC1(NC(=O)C2=C(O)[C@H](N(C)C)[C@H]3[C@H](O)[C@@H]4C(=C(O)[C@@]3(O)C2=O)C(=O)c2c(O)cccc2[C@H]4C)CCCCC1. The molecule has 0 spiro atoms. The van der Waals surface area contributed by atoms with Crippen LogP contribution in [0.15, 0.2) is 40.9 Å². The molecule has 6 N–H and O–H groups in total. The first kappa shape index (κ1) is 28.3. The van der Waals surface area contributed by atoms with Crippen molar-refractivity contribution >= 4 is 17.5 Å². The lowest BCUT2D eigenvalue weighted by Gasteiger charge is -2.53. The van der Waals surface area contributed by atoms with Gasteiger partial charge in [0.2, 0.25) is 5.78 Å². The molecule has 1 saturated carbocycles. The molecule has 4 aliphatic rings. The number of rotatable bonds is 4. The van der Waals surface area contributed by atoms with E-state index in [1.165, 1.54) is 11.0 Å². The van der Waals surface area contributed by atoms with E-state index >= 15 is 0 Å². The van der Waals surface area contributed by atoms with Crippen molar-refractivity contribution in [2.24, 2.45) is 11.8 Å². The second-order valence-corrected chi connectivity index (χ2v) is 12.1. The van der Waals surface area contributed by atoms with E-state index in [4.69, 9.17) is 0 Å². The fraction of sp³-hybridized carbons (Fsp3) is 0.567. The summed E-state index contributed by atoms with van der Waals surface area (Å²) in [4.78, 5) is 42.9. The summed E-state index contributed by atoms with van der Waals surface area (Å²) in [6.07, 6.45) is 3.26. The molecule has 5 rings (SSSR count). The van der Waals surface area contributed by atoms with Crippen LogP contribution in [0.1, 0.15) is 74.2 Å². The molecular formula is C30H38N2O8. The molecule has 6 atom stereocenters. The predicted octanol–water partition coefficient (Wildman–Crippen LogP) is 2.40. The molecule has 0 heterocycles. The zero-order valence-electron chi connectivity index (χ0n) is 23.3. The van der Waals surface area contributed by atoms with Crippen LogP contribution >= 0.6 is 0 Å². The largest absolute Gasteiger partial charge is 0.510 e. The second kappa shape index (κ2) is 9.71. The van der Waals surface area contributed by atoms with Gasteiger partial charge in [-0.1, -0.05) is 45.2 Å². The van der Waals surface area contributed by atoms with Crippen molar-refractivity contribution in [2.75, 3.05) is 14.1 Å². The van der Waals surface area contributed by atoms with Crippen molar-refractivity contribution in [3.8, 4) is 5.75 Å². The molecular weight excluding hydrogens is 516 g/mol. The molecule has 10 nitrogen and oxygen atoms in total. The summed E-state index contributed by atoms with van der Waals surface area (Å²) in [5.41, 5.74) is -4.15. The van der Waals surface area contributed by atoms with Crippen LogP contribution in [0.25, 0.3) is 0 Å². The Morgan fingerprint density at radius 3 is 2.35 bits per heavy atom. The van der Waals surface area contributed by atoms with Crippen molar-refractivity contribution in [2.45, 2.75) is 81.6 Å². The Hall–Kier alpha value is -3.21. The minimum absolute atomic E-state index is 0.0759. The number of carbonyl (C=O) groups is 3. The molecule has 0 aliphatic heterocycles. The van der Waals surface area contributed by atoms with Gasteiger partial charge < -0.3 is 30.8 Å². The van der Waals surface area contributed by atoms with E-state index in [-0.39, 0.29) is 16.9 Å². The van der Waals surface area contributed by atoms with E-state index in [0.29, 0.717) is 24.8 Å². The van der Waals surface area contributed by atoms with Gasteiger partial charge in [0.15, 0.2) is 11.4 Å². The highest BCUT2D eigenvalue weighted by Crippen LogP contribution is 2.55. The van der Waals surface area contributed by atoms with Gasteiger partial charge in [0, 0.05) is 17.0 Å². The van der Waals surface area contributed by atoms with Crippen LogP contribution < -0.4 is 5.32 Å². The number of aliphatic hydroxyl groups is 4. The number of phenolic OH excluding ortho intramolecular Hbond substituents is 1. The van der Waals surface area contributed by atoms with Crippen LogP contribution in [0.3, 0.4) is 0 Å². The molecule has 0 bridgehead atoms. The Kier molecular flexibility index (Phi) is 6.88. The first-order valence-corrected chi connectivity index (χ1v) is 14.0. The van der Waals surface area contributed by atoms with E-state index in [1.54, 1.807) is 33.2 Å². The number of aliphatic hydroxyl groups excluding tert-OH is 3.